The summed E-state index contributed by atoms with van der Waals surface area (Å²) in [5, 5.41) is 10.1. The van der Waals surface area contributed by atoms with Gasteiger partial charge in [0.1, 0.15) is 6.10 Å². The molecule has 4 heterocycles. The molecule has 2 aromatic heterocycles. The average Bonchev–Trinajstić information content (AvgIpc) is 3.44. The van der Waals surface area contributed by atoms with E-state index in [0.29, 0.717) is 57.0 Å². The summed E-state index contributed by atoms with van der Waals surface area (Å²) >= 11 is 0. The summed E-state index contributed by atoms with van der Waals surface area (Å²) < 4.78 is 40.2. The predicted octanol–water partition coefficient (Wildman–Crippen LogP) is 3.03. The third-order valence-corrected chi connectivity index (χ3v) is 6.98. The van der Waals surface area contributed by atoms with Gasteiger partial charge in [0.2, 0.25) is 5.92 Å². The number of carbonyl (C=O) groups is 2. The third kappa shape index (κ3) is 5.63. The lowest BCUT2D eigenvalue weighted by atomic mass is 9.81. The van der Waals surface area contributed by atoms with Crippen LogP contribution in [0.5, 0.6) is 0 Å². The van der Waals surface area contributed by atoms with Gasteiger partial charge in [-0.3, -0.25) is 0 Å². The summed E-state index contributed by atoms with van der Waals surface area (Å²) in [7, 11) is 0. The van der Waals surface area contributed by atoms with Crippen LogP contribution < -0.4 is 10.6 Å². The normalized spacial score (nSPS) is 22.2. The summed E-state index contributed by atoms with van der Waals surface area (Å²) in [4.78, 5) is 31.0. The van der Waals surface area contributed by atoms with Gasteiger partial charge in [0.25, 0.3) is 0 Å². The van der Waals surface area contributed by atoms with Crippen LogP contribution in [0.4, 0.5) is 18.4 Å². The van der Waals surface area contributed by atoms with Crippen LogP contribution in [-0.4, -0.2) is 70.0 Å². The van der Waals surface area contributed by atoms with E-state index >= 15 is 0 Å². The highest BCUT2D eigenvalue weighted by Crippen LogP contribution is 2.41. The third-order valence-electron chi connectivity index (χ3n) is 6.98. The predicted molar refractivity (Wildman–Crippen MR) is 120 cm³/mol. The van der Waals surface area contributed by atoms with Gasteiger partial charge >= 0.3 is 12.1 Å². The standard InChI is InChI=1S/C23H30F2N6O4/c24-23(25)5-1-16(2-6-23)20(29-22(33)35-17-3-9-34-10-4-17)18-14-31-19(28-18)11-15(12-27-31)13-30-8-7-26-21(30)32/h11-12,14,16-17,20H,1-10,13H2,(H,26,32)(H,29,33). The molecule has 0 radical (unpaired) electrons. The van der Waals surface area contributed by atoms with Crippen LogP contribution in [0.2, 0.25) is 0 Å². The second kappa shape index (κ2) is 9.92. The first-order valence-electron chi connectivity index (χ1n) is 12.2. The SMILES string of the molecule is O=C(NC(c1cn2ncc(CN3CCNC3=O)cc2n1)C1CCC(F)(F)CC1)OC1CCOCC1. The second-order valence-corrected chi connectivity index (χ2v) is 9.52. The van der Waals surface area contributed by atoms with Gasteiger partial charge in [-0.15, -0.1) is 0 Å². The van der Waals surface area contributed by atoms with E-state index in [1.807, 2.05) is 6.07 Å². The van der Waals surface area contributed by atoms with Gasteiger partial charge in [0, 0.05) is 45.3 Å². The van der Waals surface area contributed by atoms with E-state index in [-0.39, 0.29) is 43.7 Å². The Bertz CT molecular complexity index is 1060. The number of fused-ring (bicyclic) bond motifs is 1. The number of amides is 3. The quantitative estimate of drug-likeness (QED) is 0.642. The number of carbonyl (C=O) groups excluding carboxylic acids is 2. The first kappa shape index (κ1) is 23.7. The molecule has 190 valence electrons. The molecule has 10 nitrogen and oxygen atoms in total. The number of nitrogens with zero attached hydrogens (tertiary/aromatic N) is 4. The Morgan fingerprint density at radius 1 is 1.29 bits per heavy atom. The number of nitrogens with one attached hydrogen (secondary N) is 2. The maximum Gasteiger partial charge on any atom is 0.407 e. The first-order chi connectivity index (χ1) is 16.9. The van der Waals surface area contributed by atoms with E-state index < -0.39 is 18.1 Å². The monoisotopic (exact) mass is 492 g/mol. The number of imidazole rings is 1. The number of aromatic nitrogens is 3. The largest absolute Gasteiger partial charge is 0.446 e. The topological polar surface area (TPSA) is 110 Å². The summed E-state index contributed by atoms with van der Waals surface area (Å²) in [6.45, 7) is 2.72. The lowest BCUT2D eigenvalue weighted by molar-refractivity contribution is -0.0502. The van der Waals surface area contributed by atoms with E-state index in [1.165, 1.54) is 0 Å². The molecule has 0 bridgehead atoms. The highest BCUT2D eigenvalue weighted by Gasteiger charge is 2.39. The smallest absolute Gasteiger partial charge is 0.407 e. The fourth-order valence-corrected chi connectivity index (χ4v) is 4.99. The van der Waals surface area contributed by atoms with E-state index in [4.69, 9.17) is 9.47 Å². The number of hydrogen-bond acceptors (Lipinski definition) is 6. The molecule has 0 aromatic carbocycles. The van der Waals surface area contributed by atoms with Crippen molar-refractivity contribution in [3.63, 3.8) is 0 Å². The van der Waals surface area contributed by atoms with Crippen molar-refractivity contribution in [1.29, 1.82) is 0 Å². The molecule has 2 N–H and O–H groups in total. The maximum absolute atomic E-state index is 13.8. The number of halogens is 2. The minimum Gasteiger partial charge on any atom is -0.446 e. The molecule has 0 spiro atoms. The Balaban J connectivity index is 1.34. The molecule has 5 rings (SSSR count). The summed E-state index contributed by atoms with van der Waals surface area (Å²) in [5.74, 6) is -2.88. The molecule has 1 atom stereocenters. The van der Waals surface area contributed by atoms with Crippen molar-refractivity contribution < 1.29 is 27.8 Å². The van der Waals surface area contributed by atoms with Crippen molar-refractivity contribution in [3.8, 4) is 0 Å². The highest BCUT2D eigenvalue weighted by atomic mass is 19.3. The fraction of sp³-hybridized carbons (Fsp3) is 0.652. The zero-order valence-electron chi connectivity index (χ0n) is 19.4. The van der Waals surface area contributed by atoms with Crippen LogP contribution in [0.1, 0.15) is 55.8 Å². The van der Waals surface area contributed by atoms with Crippen LogP contribution in [0, 0.1) is 5.92 Å². The van der Waals surface area contributed by atoms with Gasteiger partial charge in [-0.05, 0) is 30.4 Å². The van der Waals surface area contributed by atoms with Crippen LogP contribution >= 0.6 is 0 Å². The van der Waals surface area contributed by atoms with Crippen LogP contribution in [-0.2, 0) is 16.0 Å². The number of alkyl halides is 2. The highest BCUT2D eigenvalue weighted by molar-refractivity contribution is 5.76. The van der Waals surface area contributed by atoms with E-state index in [2.05, 4.69) is 20.7 Å². The van der Waals surface area contributed by atoms with Gasteiger partial charge in [0.05, 0.1) is 37.3 Å². The molecule has 3 aliphatic rings. The maximum atomic E-state index is 13.8. The number of rotatable bonds is 6. The summed E-state index contributed by atoms with van der Waals surface area (Å²) in [5.41, 5.74) is 1.93. The molecular weight excluding hydrogens is 462 g/mol. The number of hydrogen-bond donors (Lipinski definition) is 2. The molecular formula is C23H30F2N6O4. The minimum absolute atomic E-state index is 0.115. The van der Waals surface area contributed by atoms with Crippen molar-refractivity contribution in [2.45, 2.75) is 63.1 Å². The molecule has 1 aliphatic carbocycles. The molecule has 12 heteroatoms. The van der Waals surface area contributed by atoms with E-state index in [0.717, 1.165) is 5.56 Å². The molecule has 3 amide bonds. The molecule has 35 heavy (non-hydrogen) atoms. The van der Waals surface area contributed by atoms with Crippen LogP contribution in [0.15, 0.2) is 18.5 Å². The van der Waals surface area contributed by atoms with Crippen molar-refractivity contribution in [1.82, 2.24) is 30.1 Å². The molecule has 2 aliphatic heterocycles. The number of alkyl carbamates (subject to hydrolysis) is 1. The van der Waals surface area contributed by atoms with Crippen molar-refractivity contribution in [2.75, 3.05) is 26.3 Å². The summed E-state index contributed by atoms with van der Waals surface area (Å²) in [6.07, 6.45) is 3.93. The minimum atomic E-state index is -2.68. The lowest BCUT2D eigenvalue weighted by Crippen LogP contribution is -2.39. The Kier molecular flexibility index (Phi) is 6.72. The number of ether oxygens (including phenoxy) is 2. The zero-order chi connectivity index (χ0) is 24.4. The Hall–Kier alpha value is -3.02. The molecule has 2 aromatic rings. The van der Waals surface area contributed by atoms with Crippen molar-refractivity contribution in [2.24, 2.45) is 5.92 Å². The number of urea groups is 1. The van der Waals surface area contributed by atoms with Gasteiger partial charge in [-0.25, -0.2) is 27.9 Å². The molecule has 2 saturated heterocycles. The van der Waals surface area contributed by atoms with Gasteiger partial charge in [0.15, 0.2) is 5.65 Å². The summed E-state index contributed by atoms with van der Waals surface area (Å²) in [6, 6.07) is 1.15. The second-order valence-electron chi connectivity index (χ2n) is 9.52. The van der Waals surface area contributed by atoms with E-state index in [1.54, 1.807) is 21.8 Å². The Morgan fingerprint density at radius 2 is 2.06 bits per heavy atom. The van der Waals surface area contributed by atoms with E-state index in [9.17, 15) is 18.4 Å². The average molecular weight is 493 g/mol. The molecule has 1 saturated carbocycles. The van der Waals surface area contributed by atoms with Gasteiger partial charge in [-0.2, -0.15) is 5.10 Å². The van der Waals surface area contributed by atoms with Gasteiger partial charge < -0.3 is 25.0 Å². The zero-order valence-corrected chi connectivity index (χ0v) is 19.4. The Morgan fingerprint density at radius 3 is 2.77 bits per heavy atom. The Labute approximate surface area is 201 Å². The first-order valence-corrected chi connectivity index (χ1v) is 12.2. The lowest BCUT2D eigenvalue weighted by Gasteiger charge is -2.33. The van der Waals surface area contributed by atoms with Crippen LogP contribution in [0.25, 0.3) is 5.65 Å². The van der Waals surface area contributed by atoms with Crippen LogP contribution in [0.3, 0.4) is 0 Å². The van der Waals surface area contributed by atoms with Crippen molar-refractivity contribution >= 4 is 17.8 Å². The molecule has 1 unspecified atom stereocenters. The van der Waals surface area contributed by atoms with Crippen molar-refractivity contribution in [3.05, 3.63) is 29.7 Å². The van der Waals surface area contributed by atoms with Gasteiger partial charge in [-0.1, -0.05) is 0 Å². The fourth-order valence-electron chi connectivity index (χ4n) is 4.99. The molecule has 3 fully saturated rings.